The Hall–Kier alpha value is -0.650. The van der Waals surface area contributed by atoms with E-state index in [1.54, 1.807) is 7.11 Å². The quantitative estimate of drug-likeness (QED) is 0.716. The molecule has 118 valence electrons. The van der Waals surface area contributed by atoms with Crippen molar-refractivity contribution in [1.82, 2.24) is 5.32 Å². The Morgan fingerprint density at radius 2 is 2.15 bits per heavy atom. The average molecular weight is 287 g/mol. The molecule has 2 unspecified atom stereocenters. The molecule has 5 heteroatoms. The molecule has 2 N–H and O–H groups in total. The van der Waals surface area contributed by atoms with Gasteiger partial charge in [-0.05, 0) is 47.0 Å². The van der Waals surface area contributed by atoms with Crippen molar-refractivity contribution < 1.29 is 19.4 Å². The topological polar surface area (TPSA) is 67.8 Å². The number of nitrogens with one attached hydrogen (secondary N) is 1. The van der Waals surface area contributed by atoms with Gasteiger partial charge >= 0.3 is 5.97 Å². The highest BCUT2D eigenvalue weighted by molar-refractivity contribution is 5.79. The van der Waals surface area contributed by atoms with Crippen molar-refractivity contribution in [2.75, 3.05) is 13.7 Å². The molecular weight excluding hydrogens is 258 g/mol. The summed E-state index contributed by atoms with van der Waals surface area (Å²) in [5, 5.41) is 12.7. The van der Waals surface area contributed by atoms with Gasteiger partial charge in [-0.3, -0.25) is 10.1 Å². The van der Waals surface area contributed by atoms with E-state index < -0.39 is 11.5 Å². The van der Waals surface area contributed by atoms with E-state index in [0.29, 0.717) is 19.4 Å². The van der Waals surface area contributed by atoms with Crippen LogP contribution < -0.4 is 5.32 Å². The maximum atomic E-state index is 11.5. The van der Waals surface area contributed by atoms with Crippen LogP contribution in [0.2, 0.25) is 0 Å². The molecule has 0 aromatic rings. The third-order valence-corrected chi connectivity index (χ3v) is 4.05. The van der Waals surface area contributed by atoms with Gasteiger partial charge in [0, 0.05) is 26.2 Å². The van der Waals surface area contributed by atoms with Gasteiger partial charge in [0.1, 0.15) is 5.54 Å². The number of methoxy groups -OCH3 is 1. The van der Waals surface area contributed by atoms with Crippen LogP contribution in [-0.2, 0) is 14.3 Å². The third-order valence-electron chi connectivity index (χ3n) is 4.05. The molecule has 0 aromatic carbocycles. The van der Waals surface area contributed by atoms with Gasteiger partial charge in [0.05, 0.1) is 11.7 Å². The largest absolute Gasteiger partial charge is 0.480 e. The number of carbonyl (C=O) groups is 1. The number of ether oxygens (including phenoxy) is 2. The summed E-state index contributed by atoms with van der Waals surface area (Å²) < 4.78 is 11.2. The van der Waals surface area contributed by atoms with Gasteiger partial charge in [-0.15, -0.1) is 0 Å². The van der Waals surface area contributed by atoms with Gasteiger partial charge < -0.3 is 14.6 Å². The van der Waals surface area contributed by atoms with E-state index in [-0.39, 0.29) is 17.7 Å². The van der Waals surface area contributed by atoms with Crippen molar-refractivity contribution >= 4 is 5.97 Å². The Labute approximate surface area is 122 Å². The Balaban J connectivity index is 2.47. The van der Waals surface area contributed by atoms with Gasteiger partial charge in [0.15, 0.2) is 0 Å². The lowest BCUT2D eigenvalue weighted by Crippen LogP contribution is -2.53. The molecule has 0 aromatic heterocycles. The molecule has 1 rings (SSSR count). The molecule has 0 bridgehead atoms. The number of rotatable bonds is 8. The Morgan fingerprint density at radius 1 is 1.50 bits per heavy atom. The number of carboxylic acid groups (broad SMARTS) is 1. The highest BCUT2D eigenvalue weighted by Gasteiger charge is 2.46. The van der Waals surface area contributed by atoms with E-state index in [4.69, 9.17) is 9.47 Å². The van der Waals surface area contributed by atoms with E-state index >= 15 is 0 Å². The van der Waals surface area contributed by atoms with E-state index in [2.05, 4.69) is 5.32 Å². The van der Waals surface area contributed by atoms with Crippen molar-refractivity contribution in [3.63, 3.8) is 0 Å². The highest BCUT2D eigenvalue weighted by Crippen LogP contribution is 2.33. The summed E-state index contributed by atoms with van der Waals surface area (Å²) in [6, 6.07) is 0.150. The molecule has 0 heterocycles. The number of hydrogen-bond donors (Lipinski definition) is 2. The molecule has 2 atom stereocenters. The fourth-order valence-corrected chi connectivity index (χ4v) is 2.66. The molecule has 20 heavy (non-hydrogen) atoms. The van der Waals surface area contributed by atoms with Crippen molar-refractivity contribution in [2.45, 2.75) is 76.7 Å². The van der Waals surface area contributed by atoms with Crippen molar-refractivity contribution in [1.29, 1.82) is 0 Å². The van der Waals surface area contributed by atoms with Crippen LogP contribution in [0.15, 0.2) is 0 Å². The van der Waals surface area contributed by atoms with Gasteiger partial charge in [-0.25, -0.2) is 0 Å². The summed E-state index contributed by atoms with van der Waals surface area (Å²) in [4.78, 5) is 11.5. The average Bonchev–Trinajstić information content (AvgIpc) is 2.73. The SMILES string of the molecule is COC(C)(C)CCOC1CCC(NC(C)C)(C(=O)O)C1. The first kappa shape index (κ1) is 17.4. The van der Waals surface area contributed by atoms with Crippen LogP contribution in [0, 0.1) is 0 Å². The minimum Gasteiger partial charge on any atom is -0.480 e. The molecule has 1 aliphatic rings. The highest BCUT2D eigenvalue weighted by atomic mass is 16.5. The molecule has 0 radical (unpaired) electrons. The Bertz CT molecular complexity index is 330. The zero-order valence-electron chi connectivity index (χ0n) is 13.4. The fraction of sp³-hybridized carbons (Fsp3) is 0.933. The summed E-state index contributed by atoms with van der Waals surface area (Å²) >= 11 is 0. The predicted molar refractivity (Wildman–Crippen MR) is 77.9 cm³/mol. The normalized spacial score (nSPS) is 27.2. The predicted octanol–water partition coefficient (Wildman–Crippen LogP) is 2.19. The summed E-state index contributed by atoms with van der Waals surface area (Å²) in [5.41, 5.74) is -1.02. The van der Waals surface area contributed by atoms with Gasteiger partial charge in [0.2, 0.25) is 0 Å². The van der Waals surface area contributed by atoms with E-state index in [9.17, 15) is 9.90 Å². The summed E-state index contributed by atoms with van der Waals surface area (Å²) in [5.74, 6) is -0.769. The zero-order chi connectivity index (χ0) is 15.4. The first-order valence-electron chi connectivity index (χ1n) is 7.39. The van der Waals surface area contributed by atoms with Crippen LogP contribution in [0.4, 0.5) is 0 Å². The van der Waals surface area contributed by atoms with E-state index in [1.165, 1.54) is 0 Å². The zero-order valence-corrected chi connectivity index (χ0v) is 13.4. The molecular formula is C15H29NO4. The maximum Gasteiger partial charge on any atom is 0.324 e. The lowest BCUT2D eigenvalue weighted by Gasteiger charge is -2.28. The lowest BCUT2D eigenvalue weighted by atomic mass is 9.96. The first-order valence-corrected chi connectivity index (χ1v) is 7.39. The Morgan fingerprint density at radius 3 is 2.65 bits per heavy atom. The number of hydrogen-bond acceptors (Lipinski definition) is 4. The second kappa shape index (κ2) is 6.87. The molecule has 1 fully saturated rings. The number of carboxylic acids is 1. The van der Waals surface area contributed by atoms with Crippen LogP contribution in [0.1, 0.15) is 53.4 Å². The minimum absolute atomic E-state index is 0.0185. The van der Waals surface area contributed by atoms with E-state index in [1.807, 2.05) is 27.7 Å². The third kappa shape index (κ3) is 4.72. The van der Waals surface area contributed by atoms with Gasteiger partial charge in [0.25, 0.3) is 0 Å². The molecule has 0 spiro atoms. The van der Waals surface area contributed by atoms with Crippen LogP contribution in [0.25, 0.3) is 0 Å². The Kier molecular flexibility index (Phi) is 5.98. The number of aliphatic carboxylic acids is 1. The van der Waals surface area contributed by atoms with Crippen molar-refractivity contribution in [3.05, 3.63) is 0 Å². The van der Waals surface area contributed by atoms with E-state index in [0.717, 1.165) is 12.8 Å². The van der Waals surface area contributed by atoms with Gasteiger partial charge in [-0.2, -0.15) is 0 Å². The lowest BCUT2D eigenvalue weighted by molar-refractivity contribution is -0.145. The smallest absolute Gasteiger partial charge is 0.324 e. The van der Waals surface area contributed by atoms with Crippen molar-refractivity contribution in [3.8, 4) is 0 Å². The van der Waals surface area contributed by atoms with Crippen LogP contribution in [0.5, 0.6) is 0 Å². The minimum atomic E-state index is -0.824. The monoisotopic (exact) mass is 287 g/mol. The fourth-order valence-electron chi connectivity index (χ4n) is 2.66. The standard InChI is InChI=1S/C15H29NO4/c1-11(2)16-15(13(17)18)7-6-12(10-15)20-9-8-14(3,4)19-5/h11-12,16H,6-10H2,1-5H3,(H,17,18). The summed E-state index contributed by atoms with van der Waals surface area (Å²) in [7, 11) is 1.69. The summed E-state index contributed by atoms with van der Waals surface area (Å²) in [6.07, 6.45) is 2.77. The van der Waals surface area contributed by atoms with Crippen LogP contribution >= 0.6 is 0 Å². The van der Waals surface area contributed by atoms with Crippen molar-refractivity contribution in [2.24, 2.45) is 0 Å². The molecule has 1 aliphatic carbocycles. The molecule has 0 saturated heterocycles. The molecule has 1 saturated carbocycles. The first-order chi connectivity index (χ1) is 9.21. The molecule has 0 aliphatic heterocycles. The van der Waals surface area contributed by atoms with Crippen LogP contribution in [-0.4, -0.2) is 48.1 Å². The second-order valence-electron chi connectivity index (χ2n) is 6.64. The summed E-state index contributed by atoms with van der Waals surface area (Å²) in [6.45, 7) is 8.59. The maximum absolute atomic E-state index is 11.5. The van der Waals surface area contributed by atoms with Gasteiger partial charge in [-0.1, -0.05) is 0 Å². The molecule has 5 nitrogen and oxygen atoms in total. The second-order valence-corrected chi connectivity index (χ2v) is 6.64. The van der Waals surface area contributed by atoms with Crippen LogP contribution in [0.3, 0.4) is 0 Å². The molecule has 0 amide bonds.